The van der Waals surface area contributed by atoms with E-state index in [1.165, 1.54) is 0 Å². The first-order valence-electron chi connectivity index (χ1n) is 6.91. The molecule has 0 amide bonds. The van der Waals surface area contributed by atoms with Crippen molar-refractivity contribution >= 4 is 34.9 Å². The van der Waals surface area contributed by atoms with Crippen LogP contribution in [0.2, 0.25) is 0 Å². The molecule has 0 bridgehead atoms. The third-order valence-electron chi connectivity index (χ3n) is 2.82. The summed E-state index contributed by atoms with van der Waals surface area (Å²) in [6.07, 6.45) is -0.186. The van der Waals surface area contributed by atoms with Crippen molar-refractivity contribution in [3.8, 4) is 11.5 Å². The Labute approximate surface area is 148 Å². The van der Waals surface area contributed by atoms with Crippen LogP contribution in [0.5, 0.6) is 11.5 Å². The van der Waals surface area contributed by atoms with Crippen LogP contribution < -0.4 is 7.80 Å². The van der Waals surface area contributed by atoms with E-state index in [4.69, 9.17) is 12.5 Å². The molecular weight excluding hydrogens is 411 g/mol. The molecule has 0 spiro atoms. The average molecular weight is 426 g/mol. The zero-order chi connectivity index (χ0) is 16.8. The fourth-order valence-electron chi connectivity index (χ4n) is 1.75. The van der Waals surface area contributed by atoms with Crippen molar-refractivity contribution in [1.29, 1.82) is 0 Å². The highest BCUT2D eigenvalue weighted by atomic mass is 127. The van der Waals surface area contributed by atoms with Crippen molar-refractivity contribution in [3.63, 3.8) is 0 Å². The molecule has 120 valence electrons. The second-order valence-corrected chi connectivity index (χ2v) is 5.41. The molecule has 0 aliphatic rings. The van der Waals surface area contributed by atoms with Crippen LogP contribution >= 0.6 is 23.0 Å². The molecule has 0 aromatic heterocycles. The van der Waals surface area contributed by atoms with E-state index in [-0.39, 0.29) is 6.10 Å². The van der Waals surface area contributed by atoms with E-state index in [0.717, 1.165) is 0 Å². The SMILES string of the molecule is CC(C)OC(=O)c1ccc(OC(=O)c2ccc(OI)cc2)cc1. The molecular formula is C17H15IO5. The number of ether oxygens (including phenoxy) is 2. The summed E-state index contributed by atoms with van der Waals surface area (Å²) in [6.45, 7) is 3.56. The Morgan fingerprint density at radius 2 is 1.30 bits per heavy atom. The average Bonchev–Trinajstić information content (AvgIpc) is 2.55. The first-order chi connectivity index (χ1) is 11.0. The van der Waals surface area contributed by atoms with Crippen LogP contribution in [0.25, 0.3) is 0 Å². The van der Waals surface area contributed by atoms with Gasteiger partial charge in [-0.2, -0.15) is 0 Å². The molecule has 0 saturated heterocycles. The van der Waals surface area contributed by atoms with Gasteiger partial charge in [0.25, 0.3) is 0 Å². The van der Waals surface area contributed by atoms with Crippen molar-refractivity contribution in [2.45, 2.75) is 20.0 Å². The third-order valence-corrected chi connectivity index (χ3v) is 3.33. The molecule has 6 heteroatoms. The lowest BCUT2D eigenvalue weighted by atomic mass is 10.2. The molecule has 0 saturated carbocycles. The smallest absolute Gasteiger partial charge is 0.343 e. The maximum atomic E-state index is 12.0. The van der Waals surface area contributed by atoms with Crippen LogP contribution in [0.4, 0.5) is 0 Å². The fraction of sp³-hybridized carbons (Fsp3) is 0.176. The van der Waals surface area contributed by atoms with Crippen molar-refractivity contribution in [2.24, 2.45) is 0 Å². The van der Waals surface area contributed by atoms with Crippen LogP contribution in [-0.2, 0) is 4.74 Å². The molecule has 0 unspecified atom stereocenters. The highest BCUT2D eigenvalue weighted by molar-refractivity contribution is 14.1. The number of rotatable bonds is 5. The van der Waals surface area contributed by atoms with E-state index in [2.05, 4.69) is 0 Å². The van der Waals surface area contributed by atoms with E-state index < -0.39 is 11.9 Å². The summed E-state index contributed by atoms with van der Waals surface area (Å²) in [6, 6.07) is 12.8. The second-order valence-electron chi connectivity index (χ2n) is 4.97. The third kappa shape index (κ3) is 4.95. The molecule has 2 aromatic rings. The Morgan fingerprint density at radius 1 is 0.826 bits per heavy atom. The molecule has 23 heavy (non-hydrogen) atoms. The van der Waals surface area contributed by atoms with Crippen LogP contribution in [0.3, 0.4) is 0 Å². The number of carbonyl (C=O) groups excluding carboxylic acids is 2. The number of hydrogen-bond donors (Lipinski definition) is 0. The van der Waals surface area contributed by atoms with Crippen LogP contribution in [0.1, 0.15) is 34.6 Å². The van der Waals surface area contributed by atoms with E-state index in [0.29, 0.717) is 22.6 Å². The molecule has 5 nitrogen and oxygen atoms in total. The molecule has 0 aliphatic heterocycles. The second kappa shape index (κ2) is 7.96. The molecule has 2 aromatic carbocycles. The van der Waals surface area contributed by atoms with Gasteiger partial charge in [-0.3, -0.25) is 0 Å². The van der Waals surface area contributed by atoms with Gasteiger partial charge in [0.05, 0.1) is 17.2 Å². The van der Waals surface area contributed by atoms with Crippen LogP contribution in [0, 0.1) is 0 Å². The van der Waals surface area contributed by atoms with Crippen LogP contribution in [0.15, 0.2) is 48.5 Å². The van der Waals surface area contributed by atoms with Gasteiger partial charge >= 0.3 is 11.9 Å². The van der Waals surface area contributed by atoms with Crippen molar-refractivity contribution in [3.05, 3.63) is 59.7 Å². The molecule has 0 heterocycles. The summed E-state index contributed by atoms with van der Waals surface area (Å²) in [4.78, 5) is 23.7. The molecule has 0 fully saturated rings. The molecule has 0 atom stereocenters. The molecule has 0 radical (unpaired) electrons. The maximum absolute atomic E-state index is 12.0. The standard InChI is InChI=1S/C17H15IO5/c1-11(2)21-16(19)12-3-7-14(8-4-12)22-17(20)13-5-9-15(23-18)10-6-13/h3-11H,1-2H3. The first kappa shape index (κ1) is 17.3. The summed E-state index contributed by atoms with van der Waals surface area (Å²) in [5.41, 5.74) is 0.813. The van der Waals surface area contributed by atoms with Gasteiger partial charge in [0, 0.05) is 0 Å². The van der Waals surface area contributed by atoms with Gasteiger partial charge in [-0.15, -0.1) is 0 Å². The van der Waals surface area contributed by atoms with Gasteiger partial charge in [-0.05, 0) is 62.4 Å². The Hall–Kier alpha value is -2.09. The lowest BCUT2D eigenvalue weighted by Crippen LogP contribution is -2.12. The van der Waals surface area contributed by atoms with Gasteiger partial charge in [0.2, 0.25) is 0 Å². The zero-order valence-electron chi connectivity index (χ0n) is 12.6. The zero-order valence-corrected chi connectivity index (χ0v) is 14.8. The molecule has 2 rings (SSSR count). The van der Waals surface area contributed by atoms with Crippen molar-refractivity contribution in [1.82, 2.24) is 0 Å². The Balaban J connectivity index is 2.02. The normalized spacial score (nSPS) is 10.3. The first-order valence-corrected chi connectivity index (χ1v) is 7.79. The van der Waals surface area contributed by atoms with Gasteiger partial charge in [-0.1, -0.05) is 0 Å². The van der Waals surface area contributed by atoms with Gasteiger partial charge < -0.3 is 12.5 Å². The topological polar surface area (TPSA) is 61.8 Å². The van der Waals surface area contributed by atoms with Gasteiger partial charge in [0.1, 0.15) is 11.5 Å². The number of halogens is 1. The summed E-state index contributed by atoms with van der Waals surface area (Å²) in [5, 5.41) is 0. The van der Waals surface area contributed by atoms with E-state index in [9.17, 15) is 9.59 Å². The Kier molecular flexibility index (Phi) is 5.97. The molecule has 0 N–H and O–H groups in total. The highest BCUT2D eigenvalue weighted by Crippen LogP contribution is 2.18. The summed E-state index contributed by atoms with van der Waals surface area (Å²) >= 11 is 1.76. The van der Waals surface area contributed by atoms with E-state index in [1.54, 1.807) is 85.4 Å². The predicted molar refractivity (Wildman–Crippen MR) is 93.0 cm³/mol. The van der Waals surface area contributed by atoms with E-state index in [1.807, 2.05) is 0 Å². The number of benzene rings is 2. The minimum Gasteiger partial charge on any atom is -0.459 e. The largest absolute Gasteiger partial charge is 0.459 e. The quantitative estimate of drug-likeness (QED) is 0.408. The fourth-order valence-corrected chi connectivity index (χ4v) is 2.04. The number of esters is 2. The van der Waals surface area contributed by atoms with Gasteiger partial charge in [0.15, 0.2) is 23.0 Å². The summed E-state index contributed by atoms with van der Waals surface area (Å²) in [7, 11) is 0. The minimum absolute atomic E-state index is 0.186. The monoisotopic (exact) mass is 426 g/mol. The Bertz CT molecular complexity index is 677. The lowest BCUT2D eigenvalue weighted by Gasteiger charge is -2.08. The number of carbonyl (C=O) groups is 2. The lowest BCUT2D eigenvalue weighted by molar-refractivity contribution is 0.0378. The number of hydrogen-bond acceptors (Lipinski definition) is 5. The highest BCUT2D eigenvalue weighted by Gasteiger charge is 2.11. The summed E-state index contributed by atoms with van der Waals surface area (Å²) < 4.78 is 15.3. The molecule has 0 aliphatic carbocycles. The summed E-state index contributed by atoms with van der Waals surface area (Å²) in [5.74, 6) is 0.107. The van der Waals surface area contributed by atoms with Gasteiger partial charge in [-0.25, -0.2) is 9.59 Å². The minimum atomic E-state index is -0.484. The van der Waals surface area contributed by atoms with Crippen molar-refractivity contribution < 1.29 is 22.1 Å². The van der Waals surface area contributed by atoms with Crippen molar-refractivity contribution in [2.75, 3.05) is 0 Å². The maximum Gasteiger partial charge on any atom is 0.343 e. The van der Waals surface area contributed by atoms with Crippen LogP contribution in [-0.4, -0.2) is 18.0 Å². The predicted octanol–water partition coefficient (Wildman–Crippen LogP) is 4.20. The van der Waals surface area contributed by atoms with E-state index >= 15 is 0 Å². The Morgan fingerprint density at radius 3 is 1.78 bits per heavy atom.